The zero-order valence-electron chi connectivity index (χ0n) is 15.8. The zero-order chi connectivity index (χ0) is 18.3. The second-order valence-electron chi connectivity index (χ2n) is 7.00. The molecule has 0 unspecified atom stereocenters. The average Bonchev–Trinajstić information content (AvgIpc) is 2.69. The van der Waals surface area contributed by atoms with Crippen LogP contribution >= 0.6 is 0 Å². The molecule has 1 fully saturated rings. The molecule has 0 radical (unpaired) electrons. The summed E-state index contributed by atoms with van der Waals surface area (Å²) in [7, 11) is 1.67. The fourth-order valence-corrected chi connectivity index (χ4v) is 3.66. The van der Waals surface area contributed by atoms with E-state index in [1.807, 2.05) is 26.0 Å². The predicted octanol–water partition coefficient (Wildman–Crippen LogP) is 2.62. The molecular weight excluding hydrogens is 316 g/mol. The highest BCUT2D eigenvalue weighted by Crippen LogP contribution is 2.35. The number of hydrogen-bond donors (Lipinski definition) is 2. The molecule has 1 amide bonds. The van der Waals surface area contributed by atoms with Crippen molar-refractivity contribution < 1.29 is 14.3 Å². The van der Waals surface area contributed by atoms with Gasteiger partial charge in [-0.05, 0) is 43.4 Å². The fraction of sp³-hybridized carbons (Fsp3) is 0.650. The van der Waals surface area contributed by atoms with Gasteiger partial charge in [0.1, 0.15) is 5.75 Å². The first kappa shape index (κ1) is 19.7. The lowest BCUT2D eigenvalue weighted by molar-refractivity contribution is -0.131. The van der Waals surface area contributed by atoms with Crippen molar-refractivity contribution >= 4 is 5.91 Å². The summed E-state index contributed by atoms with van der Waals surface area (Å²) >= 11 is 0. The summed E-state index contributed by atoms with van der Waals surface area (Å²) in [6, 6.07) is 8.17. The molecule has 2 rings (SSSR count). The third-order valence-electron chi connectivity index (χ3n) is 5.97. The van der Waals surface area contributed by atoms with Crippen LogP contribution in [-0.4, -0.2) is 39.3 Å². The molecule has 0 atom stereocenters. The maximum atomic E-state index is 12.8. The van der Waals surface area contributed by atoms with Crippen molar-refractivity contribution in [3.05, 3.63) is 29.8 Å². The molecule has 25 heavy (non-hydrogen) atoms. The number of nitrogens with two attached hydrogens (primary N) is 1. The van der Waals surface area contributed by atoms with Gasteiger partial charge in [-0.15, -0.1) is 0 Å². The number of rotatable bonds is 8. The topological polar surface area (TPSA) is 73.6 Å². The third kappa shape index (κ3) is 4.15. The summed E-state index contributed by atoms with van der Waals surface area (Å²) in [5.74, 6) is 0.911. The van der Waals surface area contributed by atoms with Crippen molar-refractivity contribution in [2.45, 2.75) is 44.9 Å². The normalized spacial score (nSPS) is 17.1. The van der Waals surface area contributed by atoms with E-state index in [1.54, 1.807) is 7.11 Å². The van der Waals surface area contributed by atoms with Gasteiger partial charge in [-0.25, -0.2) is 0 Å². The van der Waals surface area contributed by atoms with E-state index in [2.05, 4.69) is 17.4 Å². The number of methoxy groups -OCH3 is 1. The first-order valence-corrected chi connectivity index (χ1v) is 9.26. The standard InChI is InChI=1S/C20H32N2O3/c1-4-19(5-2,14-21)18(23)22-15-20(10-12-25-13-11-20)16-6-8-17(24-3)9-7-16/h6-9H,4-5,10-15,21H2,1-3H3,(H,22,23). The quantitative estimate of drug-likeness (QED) is 0.757. The molecule has 1 aliphatic heterocycles. The van der Waals surface area contributed by atoms with Crippen molar-refractivity contribution in [2.75, 3.05) is 33.4 Å². The van der Waals surface area contributed by atoms with E-state index in [0.717, 1.165) is 31.4 Å². The van der Waals surface area contributed by atoms with Crippen molar-refractivity contribution in [3.63, 3.8) is 0 Å². The minimum Gasteiger partial charge on any atom is -0.497 e. The number of hydrogen-bond acceptors (Lipinski definition) is 4. The highest BCUT2D eigenvalue weighted by Gasteiger charge is 2.38. The summed E-state index contributed by atoms with van der Waals surface area (Å²) in [5.41, 5.74) is 6.58. The molecule has 5 heteroatoms. The molecule has 1 aliphatic rings. The van der Waals surface area contributed by atoms with Crippen molar-refractivity contribution in [1.29, 1.82) is 0 Å². The maximum Gasteiger partial charge on any atom is 0.227 e. The number of carbonyl (C=O) groups is 1. The molecule has 3 N–H and O–H groups in total. The Labute approximate surface area is 151 Å². The van der Waals surface area contributed by atoms with Crippen LogP contribution in [0.15, 0.2) is 24.3 Å². The van der Waals surface area contributed by atoms with E-state index in [4.69, 9.17) is 15.2 Å². The average molecular weight is 348 g/mol. The maximum absolute atomic E-state index is 12.8. The van der Waals surface area contributed by atoms with Crippen molar-refractivity contribution in [1.82, 2.24) is 5.32 Å². The smallest absolute Gasteiger partial charge is 0.227 e. The van der Waals surface area contributed by atoms with E-state index in [9.17, 15) is 4.79 Å². The zero-order valence-corrected chi connectivity index (χ0v) is 15.8. The minimum atomic E-state index is -0.466. The van der Waals surface area contributed by atoms with E-state index >= 15 is 0 Å². The molecular formula is C20H32N2O3. The molecule has 0 aliphatic carbocycles. The van der Waals surface area contributed by atoms with Gasteiger partial charge in [-0.1, -0.05) is 26.0 Å². The van der Waals surface area contributed by atoms with Crippen LogP contribution in [0.25, 0.3) is 0 Å². The Hall–Kier alpha value is -1.59. The molecule has 1 aromatic rings. The Morgan fingerprint density at radius 1 is 1.24 bits per heavy atom. The number of carbonyl (C=O) groups excluding carboxylic acids is 1. The highest BCUT2D eigenvalue weighted by molar-refractivity contribution is 5.83. The lowest BCUT2D eigenvalue weighted by Crippen LogP contribution is -2.51. The summed E-state index contributed by atoms with van der Waals surface area (Å²) in [4.78, 5) is 12.8. The lowest BCUT2D eigenvalue weighted by Gasteiger charge is -2.39. The van der Waals surface area contributed by atoms with Crippen molar-refractivity contribution in [3.8, 4) is 5.75 Å². The summed E-state index contributed by atoms with van der Waals surface area (Å²) in [5, 5.41) is 3.21. The predicted molar refractivity (Wildman–Crippen MR) is 99.8 cm³/mol. The Bertz CT molecular complexity index is 538. The van der Waals surface area contributed by atoms with E-state index < -0.39 is 5.41 Å². The number of nitrogens with one attached hydrogen (secondary N) is 1. The van der Waals surface area contributed by atoms with Crippen LogP contribution in [0.1, 0.15) is 45.1 Å². The Morgan fingerprint density at radius 2 is 1.84 bits per heavy atom. The SMILES string of the molecule is CCC(CC)(CN)C(=O)NCC1(c2ccc(OC)cc2)CCOCC1. The Balaban J connectivity index is 2.18. The largest absolute Gasteiger partial charge is 0.497 e. The van der Waals surface area contributed by atoms with Crippen LogP contribution < -0.4 is 15.8 Å². The van der Waals surface area contributed by atoms with Gasteiger partial charge in [0.05, 0.1) is 12.5 Å². The van der Waals surface area contributed by atoms with Crippen molar-refractivity contribution in [2.24, 2.45) is 11.1 Å². The molecule has 1 aromatic carbocycles. The molecule has 0 aromatic heterocycles. The second-order valence-corrected chi connectivity index (χ2v) is 7.00. The van der Waals surface area contributed by atoms with Gasteiger partial charge in [0, 0.05) is 31.7 Å². The Kier molecular flexibility index (Phi) is 6.85. The van der Waals surface area contributed by atoms with Gasteiger partial charge in [0.15, 0.2) is 0 Å². The lowest BCUT2D eigenvalue weighted by atomic mass is 9.73. The first-order chi connectivity index (χ1) is 12.1. The number of benzene rings is 1. The number of amides is 1. The molecule has 140 valence electrons. The Morgan fingerprint density at radius 3 is 2.32 bits per heavy atom. The third-order valence-corrected chi connectivity index (χ3v) is 5.97. The molecule has 0 spiro atoms. The van der Waals surface area contributed by atoms with Crippen LogP contribution in [-0.2, 0) is 14.9 Å². The van der Waals surface area contributed by atoms with Crippen LogP contribution in [0, 0.1) is 5.41 Å². The van der Waals surface area contributed by atoms with Gasteiger partial charge >= 0.3 is 0 Å². The van der Waals surface area contributed by atoms with Crippen LogP contribution in [0.2, 0.25) is 0 Å². The van der Waals surface area contributed by atoms with Gasteiger partial charge < -0.3 is 20.5 Å². The highest BCUT2D eigenvalue weighted by atomic mass is 16.5. The van der Waals surface area contributed by atoms with E-state index in [-0.39, 0.29) is 11.3 Å². The first-order valence-electron chi connectivity index (χ1n) is 9.26. The van der Waals surface area contributed by atoms with Crippen LogP contribution in [0.4, 0.5) is 0 Å². The molecule has 0 bridgehead atoms. The monoisotopic (exact) mass is 348 g/mol. The van der Waals surface area contributed by atoms with Gasteiger partial charge in [0.25, 0.3) is 0 Å². The summed E-state index contributed by atoms with van der Waals surface area (Å²) in [6.07, 6.45) is 3.30. The molecule has 5 nitrogen and oxygen atoms in total. The van der Waals surface area contributed by atoms with E-state index in [0.29, 0.717) is 26.3 Å². The molecule has 1 saturated heterocycles. The van der Waals surface area contributed by atoms with E-state index in [1.165, 1.54) is 5.56 Å². The number of ether oxygens (including phenoxy) is 2. The van der Waals surface area contributed by atoms with Gasteiger partial charge in [0.2, 0.25) is 5.91 Å². The van der Waals surface area contributed by atoms with Gasteiger partial charge in [-0.3, -0.25) is 4.79 Å². The molecule has 0 saturated carbocycles. The minimum absolute atomic E-state index is 0.0689. The summed E-state index contributed by atoms with van der Waals surface area (Å²) in [6.45, 7) is 6.48. The summed E-state index contributed by atoms with van der Waals surface area (Å²) < 4.78 is 10.8. The van der Waals surface area contributed by atoms with Gasteiger partial charge in [-0.2, -0.15) is 0 Å². The van der Waals surface area contributed by atoms with Crippen LogP contribution in [0.3, 0.4) is 0 Å². The van der Waals surface area contributed by atoms with Crippen LogP contribution in [0.5, 0.6) is 5.75 Å². The molecule has 1 heterocycles. The second kappa shape index (κ2) is 8.68. The fourth-order valence-electron chi connectivity index (χ4n) is 3.66.